The third-order valence-corrected chi connectivity index (χ3v) is 4.80. The molecule has 1 saturated carbocycles. The van der Waals surface area contributed by atoms with Gasteiger partial charge in [-0.2, -0.15) is 0 Å². The summed E-state index contributed by atoms with van der Waals surface area (Å²) >= 11 is 0. The summed E-state index contributed by atoms with van der Waals surface area (Å²) in [6, 6.07) is 0.211. The molecule has 4 atom stereocenters. The molecule has 5 heteroatoms. The minimum absolute atomic E-state index is 0.145. The van der Waals surface area contributed by atoms with Gasteiger partial charge >= 0.3 is 0 Å². The summed E-state index contributed by atoms with van der Waals surface area (Å²) < 4.78 is 5.59. The van der Waals surface area contributed by atoms with Crippen molar-refractivity contribution >= 4 is 11.9 Å². The van der Waals surface area contributed by atoms with Gasteiger partial charge in [-0.05, 0) is 25.7 Å². The summed E-state index contributed by atoms with van der Waals surface area (Å²) in [6.07, 6.45) is 6.49. The first kappa shape index (κ1) is 12.9. The molecule has 0 radical (unpaired) electrons. The van der Waals surface area contributed by atoms with E-state index in [4.69, 9.17) is 4.74 Å². The topological polar surface area (TPSA) is 78.5 Å². The second-order valence-corrected chi connectivity index (χ2v) is 6.00. The summed E-state index contributed by atoms with van der Waals surface area (Å²) in [5, 5.41) is 14.2. The number of carboxylic acids is 1. The van der Waals surface area contributed by atoms with Crippen LogP contribution in [0.3, 0.4) is 0 Å². The van der Waals surface area contributed by atoms with E-state index in [-0.39, 0.29) is 24.2 Å². The fourth-order valence-electron chi connectivity index (χ4n) is 3.85. The van der Waals surface area contributed by atoms with Gasteiger partial charge in [0, 0.05) is 17.9 Å². The van der Waals surface area contributed by atoms with Gasteiger partial charge < -0.3 is 20.0 Å². The molecular formula is C14H20NO4-. The molecule has 0 spiro atoms. The van der Waals surface area contributed by atoms with E-state index in [1.807, 2.05) is 0 Å². The fourth-order valence-corrected chi connectivity index (χ4v) is 3.85. The van der Waals surface area contributed by atoms with Crippen LogP contribution < -0.4 is 10.4 Å². The zero-order valence-electron chi connectivity index (χ0n) is 11.0. The minimum Gasteiger partial charge on any atom is -0.550 e. The lowest BCUT2D eigenvalue weighted by Crippen LogP contribution is -2.50. The molecule has 5 nitrogen and oxygen atoms in total. The largest absolute Gasteiger partial charge is 0.550 e. The normalized spacial score (nSPS) is 38.3. The fraction of sp³-hybridized carbons (Fsp3) is 0.857. The summed E-state index contributed by atoms with van der Waals surface area (Å²) in [5.41, 5.74) is 0. The van der Waals surface area contributed by atoms with Crippen molar-refractivity contribution in [2.75, 3.05) is 0 Å². The van der Waals surface area contributed by atoms with Crippen molar-refractivity contribution in [2.24, 2.45) is 11.8 Å². The van der Waals surface area contributed by atoms with E-state index in [1.165, 1.54) is 6.42 Å². The smallest absolute Gasteiger partial charge is 0.226 e. The first-order valence-electron chi connectivity index (χ1n) is 7.33. The summed E-state index contributed by atoms with van der Waals surface area (Å²) in [6.45, 7) is 0. The van der Waals surface area contributed by atoms with Gasteiger partial charge in [0.25, 0.3) is 0 Å². The van der Waals surface area contributed by atoms with E-state index in [1.54, 1.807) is 0 Å². The zero-order chi connectivity index (χ0) is 13.4. The Hall–Kier alpha value is -1.10. The number of carboxylic acid groups (broad SMARTS) is 1. The van der Waals surface area contributed by atoms with E-state index < -0.39 is 17.8 Å². The van der Waals surface area contributed by atoms with Crippen LogP contribution in [-0.2, 0) is 14.3 Å². The van der Waals surface area contributed by atoms with E-state index >= 15 is 0 Å². The molecule has 0 unspecified atom stereocenters. The van der Waals surface area contributed by atoms with Crippen molar-refractivity contribution in [3.05, 3.63) is 0 Å². The Bertz CT molecular complexity index is 378. The number of amides is 1. The van der Waals surface area contributed by atoms with Gasteiger partial charge in [0.1, 0.15) is 0 Å². The number of rotatable bonds is 3. The average molecular weight is 266 g/mol. The van der Waals surface area contributed by atoms with Gasteiger partial charge in [0.15, 0.2) is 0 Å². The Kier molecular flexibility index (Phi) is 3.48. The summed E-state index contributed by atoms with van der Waals surface area (Å²) in [4.78, 5) is 23.6. The molecule has 2 aliphatic heterocycles. The van der Waals surface area contributed by atoms with Crippen molar-refractivity contribution < 1.29 is 19.4 Å². The lowest BCUT2D eigenvalue weighted by Gasteiger charge is -2.30. The van der Waals surface area contributed by atoms with Gasteiger partial charge in [0.2, 0.25) is 5.91 Å². The van der Waals surface area contributed by atoms with Gasteiger partial charge in [-0.3, -0.25) is 4.79 Å². The molecule has 106 valence electrons. The molecule has 3 fully saturated rings. The second kappa shape index (κ2) is 5.12. The highest BCUT2D eigenvalue weighted by atomic mass is 16.5. The molecule has 19 heavy (non-hydrogen) atoms. The number of carbonyl (C=O) groups is 2. The molecule has 2 saturated heterocycles. The van der Waals surface area contributed by atoms with Crippen molar-refractivity contribution in [1.82, 2.24) is 5.32 Å². The second-order valence-electron chi connectivity index (χ2n) is 6.00. The van der Waals surface area contributed by atoms with Crippen LogP contribution in [0.4, 0.5) is 0 Å². The molecule has 1 amide bonds. The molecule has 1 aliphatic carbocycles. The summed E-state index contributed by atoms with van der Waals surface area (Å²) in [5.74, 6) is -2.60. The first-order chi connectivity index (χ1) is 9.16. The predicted octanol–water partition coefficient (Wildman–Crippen LogP) is -0.0212. The molecule has 2 heterocycles. The average Bonchev–Trinajstić information content (AvgIpc) is 2.99. The van der Waals surface area contributed by atoms with Gasteiger partial charge in [0.05, 0.1) is 18.1 Å². The van der Waals surface area contributed by atoms with Crippen molar-refractivity contribution in [3.63, 3.8) is 0 Å². The van der Waals surface area contributed by atoms with E-state index in [0.29, 0.717) is 0 Å². The molecule has 0 aromatic carbocycles. The van der Waals surface area contributed by atoms with Crippen LogP contribution in [0.2, 0.25) is 0 Å². The molecular weight excluding hydrogens is 246 g/mol. The Labute approximate surface area is 112 Å². The lowest BCUT2D eigenvalue weighted by atomic mass is 9.78. The number of carbonyl (C=O) groups excluding carboxylic acids is 2. The molecule has 3 aliphatic rings. The number of nitrogens with one attached hydrogen (secondary N) is 1. The van der Waals surface area contributed by atoms with Crippen molar-refractivity contribution in [2.45, 2.75) is 63.2 Å². The number of aliphatic carboxylic acids is 1. The number of hydrogen-bond acceptors (Lipinski definition) is 4. The third-order valence-electron chi connectivity index (χ3n) is 4.80. The van der Waals surface area contributed by atoms with Crippen LogP contribution in [0.1, 0.15) is 44.9 Å². The lowest BCUT2D eigenvalue weighted by molar-refractivity contribution is -0.314. The maximum atomic E-state index is 12.3. The first-order valence-corrected chi connectivity index (χ1v) is 7.33. The highest BCUT2D eigenvalue weighted by Gasteiger charge is 2.52. The Morgan fingerprint density at radius 2 is 1.58 bits per heavy atom. The maximum absolute atomic E-state index is 12.3. The van der Waals surface area contributed by atoms with Crippen LogP contribution in [0, 0.1) is 11.8 Å². The van der Waals surface area contributed by atoms with E-state index in [0.717, 1.165) is 38.5 Å². The van der Waals surface area contributed by atoms with Crippen LogP contribution in [0.5, 0.6) is 0 Å². The third kappa shape index (κ3) is 2.36. The number of ether oxygens (including phenoxy) is 1. The van der Waals surface area contributed by atoms with Crippen LogP contribution in [-0.4, -0.2) is 30.1 Å². The quantitative estimate of drug-likeness (QED) is 0.778. The molecule has 2 bridgehead atoms. The zero-order valence-corrected chi connectivity index (χ0v) is 11.0. The van der Waals surface area contributed by atoms with E-state index in [9.17, 15) is 14.7 Å². The summed E-state index contributed by atoms with van der Waals surface area (Å²) in [7, 11) is 0. The molecule has 3 rings (SSSR count). The Balaban J connectivity index is 1.66. The van der Waals surface area contributed by atoms with Gasteiger partial charge in [-0.25, -0.2) is 0 Å². The highest BCUT2D eigenvalue weighted by Crippen LogP contribution is 2.43. The Morgan fingerprint density at radius 1 is 0.947 bits per heavy atom. The molecule has 0 aromatic rings. The van der Waals surface area contributed by atoms with Crippen LogP contribution in [0.15, 0.2) is 0 Å². The van der Waals surface area contributed by atoms with Gasteiger partial charge in [-0.15, -0.1) is 0 Å². The van der Waals surface area contributed by atoms with Crippen molar-refractivity contribution in [3.8, 4) is 0 Å². The van der Waals surface area contributed by atoms with Crippen LogP contribution in [0.25, 0.3) is 0 Å². The number of hydrogen-bond donors (Lipinski definition) is 1. The Morgan fingerprint density at radius 3 is 2.21 bits per heavy atom. The monoisotopic (exact) mass is 266 g/mol. The number of fused-ring (bicyclic) bond motifs is 2. The van der Waals surface area contributed by atoms with Crippen molar-refractivity contribution in [1.29, 1.82) is 0 Å². The SMILES string of the molecule is O=C(NC1CCCCC1)[C@@H]1[C@H](C(=O)[O-])[C@@H]2CC[C@H]1O2. The van der Waals surface area contributed by atoms with E-state index in [2.05, 4.69) is 5.32 Å². The van der Waals surface area contributed by atoms with Crippen LogP contribution >= 0.6 is 0 Å². The molecule has 0 aromatic heterocycles. The predicted molar refractivity (Wildman–Crippen MR) is 64.9 cm³/mol. The minimum atomic E-state index is -1.14. The highest BCUT2D eigenvalue weighted by molar-refractivity contribution is 5.86. The standard InChI is InChI=1S/C14H21NO4/c16-13(15-8-4-2-1-3-5-8)11-9-6-7-10(19-9)12(11)14(17)18/h8-12H,1-7H2,(H,15,16)(H,17,18)/p-1/t9-,10+,11+,12-/m1/s1. The maximum Gasteiger partial charge on any atom is 0.226 e. The van der Waals surface area contributed by atoms with Gasteiger partial charge in [-0.1, -0.05) is 19.3 Å². The molecule has 1 N–H and O–H groups in total.